The van der Waals surface area contributed by atoms with Crippen molar-refractivity contribution in [2.45, 2.75) is 103 Å². The highest BCUT2D eigenvalue weighted by atomic mass is 16.5. The molecule has 0 amide bonds. The third-order valence-electron chi connectivity index (χ3n) is 11.5. The van der Waals surface area contributed by atoms with Gasteiger partial charge in [0.1, 0.15) is 0 Å². The summed E-state index contributed by atoms with van der Waals surface area (Å²) in [6, 6.07) is 0. The molecule has 5 N–H and O–H groups in total. The second kappa shape index (κ2) is 9.94. The van der Waals surface area contributed by atoms with Gasteiger partial charge in [-0.1, -0.05) is 13.8 Å². The van der Waals surface area contributed by atoms with E-state index in [1.54, 1.807) is 0 Å². The number of hydrazone groups is 1. The number of likely N-dealkylation sites (tertiary alicyclic amines) is 1. The van der Waals surface area contributed by atoms with Crippen molar-refractivity contribution in [3.8, 4) is 0 Å². The van der Waals surface area contributed by atoms with Crippen LogP contribution in [0.1, 0.15) is 90.9 Å². The highest BCUT2D eigenvalue weighted by Gasteiger charge is 2.66. The van der Waals surface area contributed by atoms with Gasteiger partial charge in [0.15, 0.2) is 0 Å². The van der Waals surface area contributed by atoms with Crippen molar-refractivity contribution in [1.82, 2.24) is 10.3 Å². The number of fused-ring (bicyclic) bond motifs is 5. The Morgan fingerprint density at radius 2 is 1.91 bits per heavy atom. The van der Waals surface area contributed by atoms with Gasteiger partial charge in [-0.2, -0.15) is 5.10 Å². The normalized spacial score (nSPS) is 45.7. The zero-order chi connectivity index (χ0) is 24.7. The van der Waals surface area contributed by atoms with E-state index in [0.717, 1.165) is 38.2 Å². The number of guanidine groups is 1. The number of hydrogen-bond donors (Lipinski definition) is 4. The molecule has 1 saturated heterocycles. The van der Waals surface area contributed by atoms with Crippen molar-refractivity contribution >= 4 is 12.2 Å². The van der Waals surface area contributed by atoms with Crippen LogP contribution in [0.2, 0.25) is 0 Å². The van der Waals surface area contributed by atoms with Gasteiger partial charge in [-0.15, -0.1) is 0 Å². The van der Waals surface area contributed by atoms with E-state index in [1.807, 2.05) is 6.21 Å². The number of nitrogens with one attached hydrogen (secondary N) is 2. The number of nitrogens with zero attached hydrogens (tertiary/aromatic N) is 2. The van der Waals surface area contributed by atoms with Gasteiger partial charge in [0, 0.05) is 30.7 Å². The monoisotopic (exact) mass is 487 g/mol. The van der Waals surface area contributed by atoms with E-state index in [1.165, 1.54) is 71.0 Å². The van der Waals surface area contributed by atoms with Gasteiger partial charge < -0.3 is 20.5 Å². The van der Waals surface area contributed by atoms with Crippen molar-refractivity contribution in [2.75, 3.05) is 26.2 Å². The van der Waals surface area contributed by atoms with Crippen LogP contribution in [0, 0.1) is 39.9 Å². The van der Waals surface area contributed by atoms with Gasteiger partial charge in [0.25, 0.3) is 0 Å². The molecule has 198 valence electrons. The molecule has 0 aromatic heterocycles. The average Bonchev–Trinajstić information content (AvgIpc) is 3.43. The molecule has 5 aliphatic rings. The predicted octanol–water partition coefficient (Wildman–Crippen LogP) is 4.10. The van der Waals surface area contributed by atoms with Gasteiger partial charge in [0.05, 0.1) is 11.7 Å². The first-order chi connectivity index (χ1) is 16.8. The molecule has 7 heteroatoms. The third-order valence-corrected chi connectivity index (χ3v) is 11.5. The molecular weight excluding hydrogens is 438 g/mol. The molecule has 0 aromatic rings. The van der Waals surface area contributed by atoms with E-state index in [4.69, 9.17) is 15.9 Å². The number of aliphatic hydroxyl groups is 1. The SMILES string of the molecule is C[C@]12CC[C@H](OCCCN3CCCC3)C[C@H]1CC[C@@H]1[C@@H]2CC[C@]2(C)[C@@H](/C=N/NC(=N)N)CC[C@]12O. The fourth-order valence-electron chi connectivity index (χ4n) is 9.36. The molecule has 8 atom stereocenters. The molecule has 7 nitrogen and oxygen atoms in total. The summed E-state index contributed by atoms with van der Waals surface area (Å²) in [6.07, 6.45) is 16.4. The maximum Gasteiger partial charge on any atom is 0.206 e. The van der Waals surface area contributed by atoms with Gasteiger partial charge in [-0.25, -0.2) is 5.43 Å². The molecule has 5 fully saturated rings. The highest BCUT2D eigenvalue weighted by molar-refractivity contribution is 5.75. The lowest BCUT2D eigenvalue weighted by molar-refractivity contribution is -0.207. The molecule has 5 rings (SSSR count). The van der Waals surface area contributed by atoms with Gasteiger partial charge in [-0.3, -0.25) is 5.41 Å². The van der Waals surface area contributed by atoms with Crippen LogP contribution in [0.15, 0.2) is 5.10 Å². The summed E-state index contributed by atoms with van der Waals surface area (Å²) in [5.41, 5.74) is 7.54. The van der Waals surface area contributed by atoms with E-state index >= 15 is 0 Å². The maximum absolute atomic E-state index is 12.3. The Hall–Kier alpha value is -1.18. The van der Waals surface area contributed by atoms with Crippen molar-refractivity contribution < 1.29 is 9.84 Å². The Bertz CT molecular complexity index is 800. The molecule has 0 spiro atoms. The van der Waals surface area contributed by atoms with E-state index in [-0.39, 0.29) is 17.3 Å². The Kier molecular flexibility index (Phi) is 7.23. The van der Waals surface area contributed by atoms with Crippen molar-refractivity contribution in [3.63, 3.8) is 0 Å². The molecule has 1 aliphatic heterocycles. The van der Waals surface area contributed by atoms with Gasteiger partial charge >= 0.3 is 0 Å². The second-order valence-corrected chi connectivity index (χ2v) is 13.0. The minimum atomic E-state index is -0.611. The van der Waals surface area contributed by atoms with Crippen LogP contribution in [0.25, 0.3) is 0 Å². The summed E-state index contributed by atoms with van der Waals surface area (Å²) in [6.45, 7) is 9.51. The molecule has 0 aromatic carbocycles. The molecule has 0 bridgehead atoms. The number of hydrogen-bond acceptors (Lipinski definition) is 5. The summed E-state index contributed by atoms with van der Waals surface area (Å²) in [5, 5.41) is 23.8. The number of nitrogens with two attached hydrogens (primary N) is 1. The zero-order valence-electron chi connectivity index (χ0n) is 22.1. The fourth-order valence-corrected chi connectivity index (χ4v) is 9.36. The summed E-state index contributed by atoms with van der Waals surface area (Å²) in [7, 11) is 0. The van der Waals surface area contributed by atoms with E-state index in [0.29, 0.717) is 23.4 Å². The molecule has 4 aliphatic carbocycles. The Morgan fingerprint density at radius 1 is 1.11 bits per heavy atom. The van der Waals surface area contributed by atoms with Crippen LogP contribution in [0.5, 0.6) is 0 Å². The maximum atomic E-state index is 12.3. The largest absolute Gasteiger partial charge is 0.389 e. The zero-order valence-corrected chi connectivity index (χ0v) is 22.1. The van der Waals surface area contributed by atoms with Crippen LogP contribution in [0.4, 0.5) is 0 Å². The first-order valence-corrected chi connectivity index (χ1v) is 14.5. The van der Waals surface area contributed by atoms with Crippen LogP contribution in [-0.4, -0.2) is 60.1 Å². The smallest absolute Gasteiger partial charge is 0.206 e. The van der Waals surface area contributed by atoms with Gasteiger partial charge in [0.2, 0.25) is 5.96 Å². The van der Waals surface area contributed by atoms with Crippen LogP contribution < -0.4 is 11.2 Å². The van der Waals surface area contributed by atoms with E-state index < -0.39 is 5.60 Å². The van der Waals surface area contributed by atoms with Crippen LogP contribution in [-0.2, 0) is 4.74 Å². The lowest BCUT2D eigenvalue weighted by Crippen LogP contribution is -2.62. The molecular formula is C28H49N5O2. The lowest BCUT2D eigenvalue weighted by Gasteiger charge is -2.63. The number of rotatable bonds is 7. The van der Waals surface area contributed by atoms with Crippen LogP contribution in [0.3, 0.4) is 0 Å². The number of ether oxygens (including phenoxy) is 1. The Balaban J connectivity index is 1.19. The minimum Gasteiger partial charge on any atom is -0.389 e. The van der Waals surface area contributed by atoms with Gasteiger partial charge in [-0.05, 0) is 113 Å². The molecule has 0 radical (unpaired) electrons. The molecule has 0 unspecified atom stereocenters. The fraction of sp³-hybridized carbons (Fsp3) is 0.929. The van der Waals surface area contributed by atoms with Crippen LogP contribution >= 0.6 is 0 Å². The summed E-state index contributed by atoms with van der Waals surface area (Å²) in [4.78, 5) is 2.59. The first-order valence-electron chi connectivity index (χ1n) is 14.5. The molecule has 4 saturated carbocycles. The molecule has 35 heavy (non-hydrogen) atoms. The Labute approximate surface area is 212 Å². The Morgan fingerprint density at radius 3 is 2.69 bits per heavy atom. The van der Waals surface area contributed by atoms with E-state index in [2.05, 4.69) is 29.3 Å². The summed E-state index contributed by atoms with van der Waals surface area (Å²) >= 11 is 0. The summed E-state index contributed by atoms with van der Waals surface area (Å²) in [5.74, 6) is 1.82. The minimum absolute atomic E-state index is 0.138. The highest BCUT2D eigenvalue weighted by Crippen LogP contribution is 2.68. The van der Waals surface area contributed by atoms with E-state index in [9.17, 15) is 5.11 Å². The van der Waals surface area contributed by atoms with Crippen molar-refractivity contribution in [3.05, 3.63) is 0 Å². The second-order valence-electron chi connectivity index (χ2n) is 13.0. The lowest BCUT2D eigenvalue weighted by atomic mass is 9.43. The topological polar surface area (TPSA) is 107 Å². The first kappa shape index (κ1) is 25.5. The van der Waals surface area contributed by atoms with Crippen molar-refractivity contribution in [2.24, 2.45) is 45.3 Å². The van der Waals surface area contributed by atoms with Crippen molar-refractivity contribution in [1.29, 1.82) is 5.41 Å². The average molecular weight is 488 g/mol. The molecule has 1 heterocycles. The third kappa shape index (κ3) is 4.54. The summed E-state index contributed by atoms with van der Waals surface area (Å²) < 4.78 is 6.43. The predicted molar refractivity (Wildman–Crippen MR) is 140 cm³/mol. The quantitative estimate of drug-likeness (QED) is 0.187. The standard InChI is InChI=1S/C28H49N5O2/c1-26-11-9-22(35-17-5-16-33-14-3-4-15-33)18-20(26)6-7-24-23(26)10-12-27(2)21(8-13-28(24,27)34)19-31-32-25(29)30/h19-24,34H,3-18H2,1-2H3,(H4,29,30,32)/b31-19+/t20-,21-,22+,23+,24-,26+,27-,28+/m1/s1.